The van der Waals surface area contributed by atoms with E-state index in [0.29, 0.717) is 32.4 Å². The number of carbonyl (C=O) groups is 1. The molecule has 1 aliphatic rings. The van der Waals surface area contributed by atoms with E-state index in [2.05, 4.69) is 42.3 Å². The number of aromatic nitrogens is 3. The second-order valence-corrected chi connectivity index (χ2v) is 10.5. The van der Waals surface area contributed by atoms with Crippen LogP contribution in [0.4, 0.5) is 22.5 Å². The Balaban J connectivity index is 1.36. The first-order valence-corrected chi connectivity index (χ1v) is 13.7. The molecule has 1 aromatic carbocycles. The zero-order valence-corrected chi connectivity index (χ0v) is 22.8. The number of rotatable bonds is 10. The molecule has 0 radical (unpaired) electrons. The molecule has 192 valence electrons. The third-order valence-corrected chi connectivity index (χ3v) is 7.50. The lowest BCUT2D eigenvalue weighted by Crippen LogP contribution is -2.47. The number of amides is 1. The Morgan fingerprint density at radius 2 is 1.92 bits per heavy atom. The molecule has 0 atom stereocenters. The number of piperazine rings is 1. The Morgan fingerprint density at radius 3 is 2.67 bits per heavy atom. The molecule has 0 saturated carbocycles. The number of hydrogen-bond acceptors (Lipinski definition) is 8. The number of carbonyl (C=O) groups excluding carboxylic acids is 1. The summed E-state index contributed by atoms with van der Waals surface area (Å²) in [4.78, 5) is 31.7. The highest BCUT2D eigenvalue weighted by Gasteiger charge is 2.19. The fourth-order valence-corrected chi connectivity index (χ4v) is 5.24. The number of halogens is 1. The van der Waals surface area contributed by atoms with E-state index < -0.39 is 0 Å². The van der Waals surface area contributed by atoms with Crippen molar-refractivity contribution in [3.63, 3.8) is 0 Å². The fourth-order valence-electron chi connectivity index (χ4n) is 4.25. The largest absolute Gasteiger partial charge is 0.354 e. The van der Waals surface area contributed by atoms with Crippen LogP contribution in [0.15, 0.2) is 30.5 Å². The number of para-hydroxylation sites is 1. The number of anilines is 4. The van der Waals surface area contributed by atoms with Gasteiger partial charge in [0.2, 0.25) is 0 Å². The van der Waals surface area contributed by atoms with Gasteiger partial charge in [-0.05, 0) is 38.4 Å². The molecule has 2 aromatic heterocycles. The van der Waals surface area contributed by atoms with Crippen LogP contribution in [-0.2, 0) is 0 Å². The van der Waals surface area contributed by atoms with Gasteiger partial charge in [0.05, 0.1) is 16.9 Å². The van der Waals surface area contributed by atoms with E-state index in [1.165, 1.54) is 43.6 Å². The zero-order chi connectivity index (χ0) is 25.5. The van der Waals surface area contributed by atoms with Crippen molar-refractivity contribution in [1.82, 2.24) is 19.9 Å². The molecule has 4 rings (SSSR count). The lowest BCUT2D eigenvalue weighted by molar-refractivity contribution is 0.103. The van der Waals surface area contributed by atoms with E-state index in [0.717, 1.165) is 37.6 Å². The molecule has 0 unspecified atom stereocenters. The smallest absolute Gasteiger partial charge is 0.267 e. The summed E-state index contributed by atoms with van der Waals surface area (Å²) in [5, 5.41) is 7.24. The predicted molar refractivity (Wildman–Crippen MR) is 149 cm³/mol. The number of thiazole rings is 1. The maximum Gasteiger partial charge on any atom is 0.267 e. The van der Waals surface area contributed by atoms with Crippen LogP contribution in [0.2, 0.25) is 5.02 Å². The van der Waals surface area contributed by atoms with E-state index in [4.69, 9.17) is 11.6 Å². The normalized spacial score (nSPS) is 14.2. The van der Waals surface area contributed by atoms with Gasteiger partial charge in [0, 0.05) is 32.2 Å². The fraction of sp³-hybridized carbons (Fsp3) is 0.462. The molecule has 2 N–H and O–H groups in total. The molecular formula is C26H34ClN7OS. The van der Waals surface area contributed by atoms with E-state index in [1.807, 2.05) is 32.0 Å². The van der Waals surface area contributed by atoms with Gasteiger partial charge >= 0.3 is 0 Å². The van der Waals surface area contributed by atoms with Gasteiger partial charge < -0.3 is 15.5 Å². The van der Waals surface area contributed by atoms with Crippen LogP contribution in [0.3, 0.4) is 0 Å². The monoisotopic (exact) mass is 527 g/mol. The van der Waals surface area contributed by atoms with Crippen molar-refractivity contribution in [2.24, 2.45) is 0 Å². The number of nitrogens with one attached hydrogen (secondary N) is 2. The summed E-state index contributed by atoms with van der Waals surface area (Å²) in [5.74, 6) is 2.03. The van der Waals surface area contributed by atoms with Crippen molar-refractivity contribution < 1.29 is 4.79 Å². The molecule has 8 nitrogen and oxygen atoms in total. The van der Waals surface area contributed by atoms with Crippen molar-refractivity contribution in [2.45, 2.75) is 46.5 Å². The number of nitrogens with zero attached hydrogens (tertiary/aromatic N) is 5. The summed E-state index contributed by atoms with van der Waals surface area (Å²) < 4.78 is 0. The Kier molecular flexibility index (Phi) is 9.12. The van der Waals surface area contributed by atoms with Gasteiger partial charge in [0.15, 0.2) is 5.13 Å². The maximum absolute atomic E-state index is 12.8. The topological polar surface area (TPSA) is 86.3 Å². The van der Waals surface area contributed by atoms with Crippen LogP contribution in [0.1, 0.15) is 53.7 Å². The average Bonchev–Trinajstić information content (AvgIpc) is 3.33. The Bertz CT molecular complexity index is 1160. The van der Waals surface area contributed by atoms with Crippen molar-refractivity contribution >= 4 is 51.3 Å². The van der Waals surface area contributed by atoms with Crippen molar-refractivity contribution in [2.75, 3.05) is 48.3 Å². The van der Waals surface area contributed by atoms with E-state index >= 15 is 0 Å². The summed E-state index contributed by atoms with van der Waals surface area (Å²) in [6.45, 7) is 11.2. The first-order valence-electron chi connectivity index (χ1n) is 12.5. The van der Waals surface area contributed by atoms with Crippen LogP contribution in [0.5, 0.6) is 0 Å². The molecule has 0 spiro atoms. The number of benzene rings is 1. The van der Waals surface area contributed by atoms with Crippen LogP contribution in [-0.4, -0.2) is 58.5 Å². The molecule has 1 amide bonds. The van der Waals surface area contributed by atoms with Crippen molar-refractivity contribution in [3.05, 3.63) is 51.7 Å². The number of unbranched alkanes of at least 4 members (excludes halogenated alkanes) is 3. The molecule has 1 saturated heterocycles. The third-order valence-electron chi connectivity index (χ3n) is 6.27. The lowest BCUT2D eigenvalue weighted by atomic mass is 10.2. The molecule has 1 aliphatic heterocycles. The first-order chi connectivity index (χ1) is 17.4. The Morgan fingerprint density at radius 1 is 1.11 bits per heavy atom. The van der Waals surface area contributed by atoms with Crippen LogP contribution < -0.4 is 15.5 Å². The Labute approximate surface area is 222 Å². The minimum atomic E-state index is -0.246. The van der Waals surface area contributed by atoms with Crippen molar-refractivity contribution in [1.29, 1.82) is 0 Å². The quantitative estimate of drug-likeness (QED) is 0.317. The van der Waals surface area contributed by atoms with Crippen molar-refractivity contribution in [3.8, 4) is 0 Å². The third kappa shape index (κ3) is 6.93. The van der Waals surface area contributed by atoms with E-state index in [-0.39, 0.29) is 5.91 Å². The van der Waals surface area contributed by atoms with Crippen LogP contribution >= 0.6 is 22.9 Å². The molecule has 3 heterocycles. The van der Waals surface area contributed by atoms with Crippen LogP contribution in [0, 0.1) is 13.8 Å². The summed E-state index contributed by atoms with van der Waals surface area (Å²) in [7, 11) is 0. The molecule has 1 fully saturated rings. The van der Waals surface area contributed by atoms with Crippen LogP contribution in [0.25, 0.3) is 0 Å². The molecule has 0 bridgehead atoms. The SMILES string of the molecule is CCCCCCN1CCN(c2cc(Nc3ncc(C(=O)Nc4c(C)cccc4Cl)s3)nc(C)n2)CC1. The molecule has 3 aromatic rings. The highest BCUT2D eigenvalue weighted by atomic mass is 35.5. The molecule has 36 heavy (non-hydrogen) atoms. The van der Waals surface area contributed by atoms with Gasteiger partial charge in [-0.3, -0.25) is 9.69 Å². The summed E-state index contributed by atoms with van der Waals surface area (Å²) in [5.41, 5.74) is 1.52. The van der Waals surface area contributed by atoms with Gasteiger partial charge in [-0.2, -0.15) is 0 Å². The standard InChI is InChI=1S/C26H34ClN7OS/c1-4-5-6-7-11-33-12-14-34(15-13-33)23-16-22(29-19(3)30-23)31-26-28-17-21(36-26)25(35)32-24-18(2)9-8-10-20(24)27/h8-10,16-17H,4-7,11-15H2,1-3H3,(H,32,35)(H,28,29,30,31). The lowest BCUT2D eigenvalue weighted by Gasteiger charge is -2.35. The Hall–Kier alpha value is -2.75. The number of aryl methyl sites for hydroxylation is 2. The maximum atomic E-state index is 12.8. The van der Waals surface area contributed by atoms with Gasteiger partial charge in [-0.25, -0.2) is 15.0 Å². The minimum absolute atomic E-state index is 0.246. The average molecular weight is 528 g/mol. The summed E-state index contributed by atoms with van der Waals surface area (Å²) in [6, 6.07) is 7.47. The second-order valence-electron chi connectivity index (χ2n) is 9.09. The predicted octanol–water partition coefficient (Wildman–Crippen LogP) is 5.90. The van der Waals surface area contributed by atoms with Gasteiger partial charge in [0.1, 0.15) is 22.3 Å². The minimum Gasteiger partial charge on any atom is -0.354 e. The number of hydrogen-bond donors (Lipinski definition) is 2. The highest BCUT2D eigenvalue weighted by Crippen LogP contribution is 2.28. The zero-order valence-electron chi connectivity index (χ0n) is 21.2. The molecule has 10 heteroatoms. The first kappa shape index (κ1) is 26.3. The molecular weight excluding hydrogens is 494 g/mol. The second kappa shape index (κ2) is 12.5. The van der Waals surface area contributed by atoms with Gasteiger partial charge in [-0.15, -0.1) is 0 Å². The van der Waals surface area contributed by atoms with Gasteiger partial charge in [-0.1, -0.05) is 61.3 Å². The molecule has 0 aliphatic carbocycles. The summed E-state index contributed by atoms with van der Waals surface area (Å²) >= 11 is 7.52. The van der Waals surface area contributed by atoms with Gasteiger partial charge in [0.25, 0.3) is 5.91 Å². The summed E-state index contributed by atoms with van der Waals surface area (Å²) in [6.07, 6.45) is 6.75. The van der Waals surface area contributed by atoms with E-state index in [1.54, 1.807) is 12.3 Å². The van der Waals surface area contributed by atoms with E-state index in [9.17, 15) is 4.79 Å². The highest BCUT2D eigenvalue weighted by molar-refractivity contribution is 7.17.